The molecule has 0 amide bonds. The summed E-state index contributed by atoms with van der Waals surface area (Å²) in [5, 5.41) is 4.51. The maximum Gasteiger partial charge on any atom is 0.0409 e. The Morgan fingerprint density at radius 1 is 1.00 bits per heavy atom. The molecule has 0 bridgehead atoms. The Kier molecular flexibility index (Phi) is 5.44. The third-order valence-corrected chi connectivity index (χ3v) is 4.38. The Labute approximate surface area is 133 Å². The molecule has 0 aliphatic heterocycles. The maximum absolute atomic E-state index is 6.11. The molecule has 1 nitrogen and oxygen atoms in total. The molecule has 2 aromatic carbocycles. The molecule has 0 aliphatic rings. The van der Waals surface area contributed by atoms with E-state index >= 15 is 0 Å². The summed E-state index contributed by atoms with van der Waals surface area (Å²) in [6, 6.07) is 15.4. The monoisotopic (exact) mass is 301 g/mol. The van der Waals surface area contributed by atoms with E-state index in [4.69, 9.17) is 11.6 Å². The Morgan fingerprint density at radius 3 is 2.38 bits per heavy atom. The summed E-state index contributed by atoms with van der Waals surface area (Å²) < 4.78 is 0. The smallest absolute Gasteiger partial charge is 0.0409 e. The van der Waals surface area contributed by atoms with Gasteiger partial charge < -0.3 is 5.32 Å². The van der Waals surface area contributed by atoms with E-state index in [-0.39, 0.29) is 0 Å². The van der Waals surface area contributed by atoms with Gasteiger partial charge in [0.25, 0.3) is 0 Å². The topological polar surface area (TPSA) is 12.0 Å². The van der Waals surface area contributed by atoms with E-state index in [1.807, 2.05) is 12.1 Å². The summed E-state index contributed by atoms with van der Waals surface area (Å²) in [6.45, 7) is 8.74. The number of hydrogen-bond acceptors (Lipinski definition) is 1. The third kappa shape index (κ3) is 4.09. The zero-order valence-electron chi connectivity index (χ0n) is 13.3. The lowest BCUT2D eigenvalue weighted by Gasteiger charge is -2.24. The predicted molar refractivity (Wildman–Crippen MR) is 92.0 cm³/mol. The molecule has 1 N–H and O–H groups in total. The molecule has 2 heteroatoms. The van der Waals surface area contributed by atoms with Crippen molar-refractivity contribution in [2.75, 3.05) is 0 Å². The molecule has 2 atom stereocenters. The Bertz CT molecular complexity index is 606. The summed E-state index contributed by atoms with van der Waals surface area (Å²) in [4.78, 5) is 0. The van der Waals surface area contributed by atoms with Crippen molar-refractivity contribution >= 4 is 11.6 Å². The Hall–Kier alpha value is -1.31. The van der Waals surface area contributed by atoms with Gasteiger partial charge in [0.15, 0.2) is 0 Å². The van der Waals surface area contributed by atoms with Gasteiger partial charge in [-0.2, -0.15) is 0 Å². The molecule has 0 saturated carbocycles. The maximum atomic E-state index is 6.11. The largest absolute Gasteiger partial charge is 0.303 e. The van der Waals surface area contributed by atoms with Crippen LogP contribution in [0.25, 0.3) is 0 Å². The summed E-state index contributed by atoms with van der Waals surface area (Å²) in [5.41, 5.74) is 5.27. The van der Waals surface area contributed by atoms with Crippen molar-refractivity contribution in [3.05, 3.63) is 69.7 Å². The lowest BCUT2D eigenvalue weighted by Crippen LogP contribution is -2.24. The Balaban J connectivity index is 2.16. The fourth-order valence-electron chi connectivity index (χ4n) is 2.61. The summed E-state index contributed by atoms with van der Waals surface area (Å²) in [5.74, 6) is 0. The highest BCUT2D eigenvalue weighted by Crippen LogP contribution is 2.25. The van der Waals surface area contributed by atoms with Crippen LogP contribution >= 0.6 is 11.6 Å². The molecule has 0 saturated heterocycles. The number of hydrogen-bond donors (Lipinski definition) is 1. The molecule has 2 unspecified atom stereocenters. The van der Waals surface area contributed by atoms with Crippen molar-refractivity contribution in [2.24, 2.45) is 0 Å². The molecule has 0 spiro atoms. The summed E-state index contributed by atoms with van der Waals surface area (Å²) in [6.07, 6.45) is 1.04. The van der Waals surface area contributed by atoms with E-state index in [2.05, 4.69) is 63.3 Å². The van der Waals surface area contributed by atoms with Crippen LogP contribution in [-0.4, -0.2) is 0 Å². The highest BCUT2D eigenvalue weighted by Gasteiger charge is 2.14. The second-order valence-corrected chi connectivity index (χ2v) is 6.18. The third-order valence-electron chi connectivity index (χ3n) is 4.14. The first-order valence-electron chi connectivity index (χ1n) is 7.60. The van der Waals surface area contributed by atoms with E-state index < -0.39 is 0 Å². The second kappa shape index (κ2) is 7.11. The van der Waals surface area contributed by atoms with Crippen LogP contribution in [0.15, 0.2) is 42.5 Å². The number of aryl methyl sites for hydroxylation is 2. The average molecular weight is 302 g/mol. The number of halogens is 1. The summed E-state index contributed by atoms with van der Waals surface area (Å²) in [7, 11) is 0. The van der Waals surface area contributed by atoms with Gasteiger partial charge in [-0.1, -0.05) is 48.9 Å². The van der Waals surface area contributed by atoms with Crippen molar-refractivity contribution in [2.45, 2.75) is 46.2 Å². The van der Waals surface area contributed by atoms with Crippen molar-refractivity contribution in [3.63, 3.8) is 0 Å². The predicted octanol–water partition coefficient (Wildman–Crippen LogP) is 5.76. The van der Waals surface area contributed by atoms with Crippen molar-refractivity contribution in [3.8, 4) is 0 Å². The van der Waals surface area contributed by atoms with Gasteiger partial charge in [0.1, 0.15) is 0 Å². The molecule has 0 heterocycles. The van der Waals surface area contributed by atoms with Crippen LogP contribution in [-0.2, 0) is 0 Å². The van der Waals surface area contributed by atoms with Gasteiger partial charge in [-0.3, -0.25) is 0 Å². The number of rotatable bonds is 5. The first-order valence-corrected chi connectivity index (χ1v) is 7.97. The van der Waals surface area contributed by atoms with Crippen molar-refractivity contribution < 1.29 is 0 Å². The van der Waals surface area contributed by atoms with Crippen LogP contribution in [0.2, 0.25) is 5.02 Å². The highest BCUT2D eigenvalue weighted by atomic mass is 35.5. The molecule has 0 fully saturated rings. The zero-order chi connectivity index (χ0) is 15.4. The first kappa shape index (κ1) is 16.1. The van der Waals surface area contributed by atoms with Crippen LogP contribution in [0.5, 0.6) is 0 Å². The number of benzene rings is 2. The van der Waals surface area contributed by atoms with E-state index in [0.717, 1.165) is 11.4 Å². The van der Waals surface area contributed by atoms with Crippen molar-refractivity contribution in [1.29, 1.82) is 0 Å². The summed E-state index contributed by atoms with van der Waals surface area (Å²) >= 11 is 6.11. The fourth-order valence-corrected chi connectivity index (χ4v) is 2.80. The van der Waals surface area contributed by atoms with Gasteiger partial charge in [-0.05, 0) is 61.6 Å². The SMILES string of the molecule is CCC(NC(C)c1ccc(C)c(C)c1)c1cccc(Cl)c1. The van der Waals surface area contributed by atoms with Gasteiger partial charge in [0.05, 0.1) is 0 Å². The first-order chi connectivity index (χ1) is 10.0. The molecule has 0 aliphatic carbocycles. The fraction of sp³-hybridized carbons (Fsp3) is 0.368. The van der Waals surface area contributed by atoms with E-state index in [1.165, 1.54) is 22.3 Å². The van der Waals surface area contributed by atoms with Gasteiger partial charge in [-0.15, -0.1) is 0 Å². The quantitative estimate of drug-likeness (QED) is 0.740. The van der Waals surface area contributed by atoms with Crippen molar-refractivity contribution in [1.82, 2.24) is 5.32 Å². The van der Waals surface area contributed by atoms with Crippen LogP contribution < -0.4 is 5.32 Å². The zero-order valence-corrected chi connectivity index (χ0v) is 14.0. The van der Waals surface area contributed by atoms with E-state index in [0.29, 0.717) is 12.1 Å². The molecule has 0 radical (unpaired) electrons. The molecule has 0 aromatic heterocycles. The van der Waals surface area contributed by atoms with Gasteiger partial charge in [-0.25, -0.2) is 0 Å². The average Bonchev–Trinajstić information content (AvgIpc) is 2.47. The molecule has 2 rings (SSSR count). The normalized spacial score (nSPS) is 14.0. The van der Waals surface area contributed by atoms with Gasteiger partial charge in [0, 0.05) is 17.1 Å². The Morgan fingerprint density at radius 2 is 1.76 bits per heavy atom. The van der Waals surface area contributed by atoms with E-state index in [1.54, 1.807) is 0 Å². The highest BCUT2D eigenvalue weighted by molar-refractivity contribution is 6.30. The van der Waals surface area contributed by atoms with Crippen LogP contribution in [0.1, 0.15) is 54.6 Å². The molecular formula is C19H24ClN. The van der Waals surface area contributed by atoms with Crippen LogP contribution in [0.3, 0.4) is 0 Å². The van der Waals surface area contributed by atoms with Gasteiger partial charge in [0.2, 0.25) is 0 Å². The minimum atomic E-state index is 0.313. The van der Waals surface area contributed by atoms with Crippen LogP contribution in [0, 0.1) is 13.8 Å². The number of nitrogens with one attached hydrogen (secondary N) is 1. The lowest BCUT2D eigenvalue weighted by atomic mass is 9.99. The standard InChI is InChI=1S/C19H24ClN/c1-5-19(17-7-6-8-18(20)12-17)21-15(4)16-10-9-13(2)14(3)11-16/h6-12,15,19,21H,5H2,1-4H3. The van der Waals surface area contributed by atoms with E-state index in [9.17, 15) is 0 Å². The van der Waals surface area contributed by atoms with Crippen LogP contribution in [0.4, 0.5) is 0 Å². The minimum absolute atomic E-state index is 0.313. The molecule has 21 heavy (non-hydrogen) atoms. The second-order valence-electron chi connectivity index (χ2n) is 5.75. The molecular weight excluding hydrogens is 278 g/mol. The lowest BCUT2D eigenvalue weighted by molar-refractivity contribution is 0.456. The minimum Gasteiger partial charge on any atom is -0.303 e. The van der Waals surface area contributed by atoms with Gasteiger partial charge >= 0.3 is 0 Å². The molecule has 2 aromatic rings. The molecule has 112 valence electrons.